The van der Waals surface area contributed by atoms with Gasteiger partial charge in [0.15, 0.2) is 0 Å². The summed E-state index contributed by atoms with van der Waals surface area (Å²) in [6.07, 6.45) is 6.32. The van der Waals surface area contributed by atoms with E-state index in [1.807, 2.05) is 11.9 Å². The lowest BCUT2D eigenvalue weighted by molar-refractivity contribution is 0.261. The summed E-state index contributed by atoms with van der Waals surface area (Å²) in [6.45, 7) is 2.62. The second kappa shape index (κ2) is 5.74. The van der Waals surface area contributed by atoms with Crippen LogP contribution in [0.2, 0.25) is 5.02 Å². The first-order valence-corrected chi connectivity index (χ1v) is 7.74. The van der Waals surface area contributed by atoms with Gasteiger partial charge in [0, 0.05) is 26.2 Å². The predicted molar refractivity (Wildman–Crippen MR) is 80.5 cm³/mol. The Labute approximate surface area is 123 Å². The van der Waals surface area contributed by atoms with Crippen LogP contribution in [0, 0.1) is 5.92 Å². The lowest BCUT2D eigenvalue weighted by atomic mass is 9.85. The fraction of sp³-hybridized carbons (Fsp3) is 0.714. The fourth-order valence-corrected chi connectivity index (χ4v) is 3.24. The highest BCUT2D eigenvalue weighted by atomic mass is 35.5. The van der Waals surface area contributed by atoms with Crippen LogP contribution in [0.4, 0.5) is 5.69 Å². The molecule has 0 radical (unpaired) electrons. The highest BCUT2D eigenvalue weighted by Gasteiger charge is 2.25. The van der Waals surface area contributed by atoms with Gasteiger partial charge < -0.3 is 10.2 Å². The van der Waals surface area contributed by atoms with Crippen molar-refractivity contribution in [3.05, 3.63) is 21.6 Å². The zero-order valence-corrected chi connectivity index (χ0v) is 12.6. The van der Waals surface area contributed by atoms with Gasteiger partial charge in [-0.25, -0.2) is 4.68 Å². The summed E-state index contributed by atoms with van der Waals surface area (Å²) in [5.74, 6) is 0.604. The van der Waals surface area contributed by atoms with Crippen molar-refractivity contribution in [3.8, 4) is 0 Å². The molecule has 1 unspecified atom stereocenters. The van der Waals surface area contributed by atoms with Gasteiger partial charge in [-0.1, -0.05) is 18.0 Å². The van der Waals surface area contributed by atoms with Crippen LogP contribution in [0.1, 0.15) is 25.7 Å². The first-order chi connectivity index (χ1) is 9.66. The number of likely N-dealkylation sites (N-methyl/N-ethyl adjacent to an activating group) is 1. The molecule has 1 aliphatic carbocycles. The van der Waals surface area contributed by atoms with Gasteiger partial charge in [-0.3, -0.25) is 4.79 Å². The maximum Gasteiger partial charge on any atom is 0.291 e. The second-order valence-electron chi connectivity index (χ2n) is 5.88. The number of aromatic nitrogens is 2. The summed E-state index contributed by atoms with van der Waals surface area (Å²) >= 11 is 6.22. The van der Waals surface area contributed by atoms with Gasteiger partial charge in [0.25, 0.3) is 5.56 Å². The maximum absolute atomic E-state index is 12.6. The average Bonchev–Trinajstić information content (AvgIpc) is 2.89. The van der Waals surface area contributed by atoms with E-state index in [2.05, 4.69) is 10.4 Å². The largest absolute Gasteiger partial charge is 0.365 e. The number of hydrogen-bond acceptors (Lipinski definition) is 4. The smallest absolute Gasteiger partial charge is 0.291 e. The molecule has 3 rings (SSSR count). The summed E-state index contributed by atoms with van der Waals surface area (Å²) in [4.78, 5) is 14.6. The number of rotatable bonds is 4. The molecular weight excluding hydrogens is 276 g/mol. The second-order valence-corrected chi connectivity index (χ2v) is 6.29. The lowest BCUT2D eigenvalue weighted by Gasteiger charge is -2.28. The Morgan fingerprint density at radius 1 is 1.50 bits per heavy atom. The molecule has 1 saturated carbocycles. The van der Waals surface area contributed by atoms with Gasteiger partial charge in [-0.05, 0) is 31.7 Å². The first-order valence-electron chi connectivity index (χ1n) is 7.36. The number of nitrogens with one attached hydrogen (secondary N) is 1. The standard InChI is InChI=1S/C14H21ClN4O/c1-18(11-5-6-16-7-11)13-12(15)8-17-19(14(13)20)9-10-3-2-4-10/h8,10-11,16H,2-7,9H2,1H3. The van der Waals surface area contributed by atoms with Gasteiger partial charge in [0.05, 0.1) is 11.2 Å². The van der Waals surface area contributed by atoms with Crippen LogP contribution < -0.4 is 15.8 Å². The van der Waals surface area contributed by atoms with Crippen molar-refractivity contribution in [2.45, 2.75) is 38.3 Å². The number of halogens is 1. The molecule has 20 heavy (non-hydrogen) atoms. The van der Waals surface area contributed by atoms with Gasteiger partial charge >= 0.3 is 0 Å². The van der Waals surface area contributed by atoms with E-state index < -0.39 is 0 Å². The Morgan fingerprint density at radius 2 is 2.30 bits per heavy atom. The van der Waals surface area contributed by atoms with Gasteiger partial charge in [-0.2, -0.15) is 5.10 Å². The minimum Gasteiger partial charge on any atom is -0.365 e. The topological polar surface area (TPSA) is 50.2 Å². The molecule has 0 spiro atoms. The fourth-order valence-electron chi connectivity index (χ4n) is 2.98. The molecule has 2 heterocycles. The van der Waals surface area contributed by atoms with Crippen LogP contribution in [0.15, 0.2) is 11.0 Å². The molecule has 1 N–H and O–H groups in total. The molecular formula is C14H21ClN4O. The Kier molecular flexibility index (Phi) is 3.98. The highest BCUT2D eigenvalue weighted by molar-refractivity contribution is 6.33. The quantitative estimate of drug-likeness (QED) is 0.915. The minimum atomic E-state index is -0.0567. The number of nitrogens with zero attached hydrogens (tertiary/aromatic N) is 3. The maximum atomic E-state index is 12.6. The van der Waals surface area contributed by atoms with Crippen LogP contribution in [-0.4, -0.2) is 36.0 Å². The first kappa shape index (κ1) is 13.9. The van der Waals surface area contributed by atoms with Crippen LogP contribution in [0.5, 0.6) is 0 Å². The van der Waals surface area contributed by atoms with E-state index in [0.717, 1.165) is 26.1 Å². The van der Waals surface area contributed by atoms with Crippen LogP contribution >= 0.6 is 11.6 Å². The molecule has 1 saturated heterocycles. The summed E-state index contributed by atoms with van der Waals surface area (Å²) in [5.41, 5.74) is 0.536. The van der Waals surface area contributed by atoms with Gasteiger partial charge in [0.1, 0.15) is 5.69 Å². The SMILES string of the molecule is CN(c1c(Cl)cnn(CC2CCC2)c1=O)C1CCNC1. The normalized spacial score (nSPS) is 22.8. The molecule has 6 heteroatoms. The van der Waals surface area contributed by atoms with E-state index >= 15 is 0 Å². The van der Waals surface area contributed by atoms with Crippen LogP contribution in [0.25, 0.3) is 0 Å². The molecule has 2 aliphatic rings. The van der Waals surface area contributed by atoms with E-state index in [9.17, 15) is 4.79 Å². The van der Waals surface area contributed by atoms with Crippen molar-refractivity contribution in [2.24, 2.45) is 5.92 Å². The third-order valence-electron chi connectivity index (χ3n) is 4.56. The number of hydrogen-bond donors (Lipinski definition) is 1. The third-order valence-corrected chi connectivity index (χ3v) is 4.84. The predicted octanol–water partition coefficient (Wildman–Crippen LogP) is 1.49. The molecule has 0 amide bonds. The molecule has 0 bridgehead atoms. The van der Waals surface area contributed by atoms with Crippen molar-refractivity contribution in [1.82, 2.24) is 15.1 Å². The molecule has 2 fully saturated rings. The van der Waals surface area contributed by atoms with Gasteiger partial charge in [0.2, 0.25) is 0 Å². The van der Waals surface area contributed by atoms with E-state index in [0.29, 0.717) is 22.7 Å². The zero-order chi connectivity index (χ0) is 14.1. The molecule has 110 valence electrons. The van der Waals surface area contributed by atoms with Crippen molar-refractivity contribution < 1.29 is 0 Å². The molecule has 5 nitrogen and oxygen atoms in total. The monoisotopic (exact) mass is 296 g/mol. The van der Waals surface area contributed by atoms with Crippen molar-refractivity contribution >= 4 is 17.3 Å². The molecule has 1 aliphatic heterocycles. The van der Waals surface area contributed by atoms with Crippen LogP contribution in [-0.2, 0) is 6.54 Å². The Bertz CT molecular complexity index is 534. The van der Waals surface area contributed by atoms with Crippen LogP contribution in [0.3, 0.4) is 0 Å². The minimum absolute atomic E-state index is 0.0567. The van der Waals surface area contributed by atoms with Crippen molar-refractivity contribution in [3.63, 3.8) is 0 Å². The Hall–Kier alpha value is -1.07. The average molecular weight is 297 g/mol. The summed E-state index contributed by atoms with van der Waals surface area (Å²) in [7, 11) is 1.95. The summed E-state index contributed by atoms with van der Waals surface area (Å²) in [6, 6.07) is 0.333. The third kappa shape index (κ3) is 2.56. The molecule has 1 atom stereocenters. The van der Waals surface area contributed by atoms with E-state index in [-0.39, 0.29) is 5.56 Å². The Balaban J connectivity index is 1.87. The summed E-state index contributed by atoms with van der Waals surface area (Å²) in [5, 5.41) is 7.97. The van der Waals surface area contributed by atoms with Gasteiger partial charge in [-0.15, -0.1) is 0 Å². The molecule has 1 aromatic rings. The van der Waals surface area contributed by atoms with E-state index in [4.69, 9.17) is 11.6 Å². The molecule has 0 aromatic carbocycles. The van der Waals surface area contributed by atoms with E-state index in [1.165, 1.54) is 19.3 Å². The lowest BCUT2D eigenvalue weighted by Crippen LogP contribution is -2.40. The summed E-state index contributed by atoms with van der Waals surface area (Å²) < 4.78 is 1.59. The zero-order valence-electron chi connectivity index (χ0n) is 11.8. The highest BCUT2D eigenvalue weighted by Crippen LogP contribution is 2.28. The van der Waals surface area contributed by atoms with E-state index in [1.54, 1.807) is 10.9 Å². The Morgan fingerprint density at radius 3 is 2.90 bits per heavy atom. The molecule has 1 aromatic heterocycles. The van der Waals surface area contributed by atoms with Crippen molar-refractivity contribution in [1.29, 1.82) is 0 Å². The van der Waals surface area contributed by atoms with Crippen molar-refractivity contribution in [2.75, 3.05) is 25.0 Å². The number of anilines is 1.